The first kappa shape index (κ1) is 18.4. The molecule has 0 bridgehead atoms. The molecule has 0 radical (unpaired) electrons. The first-order valence-corrected chi connectivity index (χ1v) is 8.56. The number of nitrogens with one attached hydrogen (secondary N) is 1. The molecule has 3 aromatic rings. The molecule has 1 aromatic carbocycles. The Morgan fingerprint density at radius 3 is 2.63 bits per heavy atom. The van der Waals surface area contributed by atoms with E-state index in [2.05, 4.69) is 15.3 Å². The van der Waals surface area contributed by atoms with E-state index in [1.807, 2.05) is 29.8 Å². The fourth-order valence-corrected chi connectivity index (χ4v) is 2.90. The normalized spacial score (nSPS) is 10.5. The lowest BCUT2D eigenvalue weighted by Gasteiger charge is -2.15. The summed E-state index contributed by atoms with van der Waals surface area (Å²) in [7, 11) is 3.22. The Morgan fingerprint density at radius 2 is 1.93 bits per heavy atom. The molecule has 0 fully saturated rings. The monoisotopic (exact) mass is 366 g/mol. The smallest absolute Gasteiger partial charge is 0.251 e. The highest BCUT2D eigenvalue weighted by atomic mass is 16.5. The fourth-order valence-electron chi connectivity index (χ4n) is 2.90. The molecule has 7 nitrogen and oxygen atoms in total. The highest BCUT2D eigenvalue weighted by Crippen LogP contribution is 2.38. The fraction of sp³-hybridized carbons (Fsp3) is 0.250. The van der Waals surface area contributed by atoms with E-state index >= 15 is 0 Å². The predicted molar refractivity (Wildman–Crippen MR) is 102 cm³/mol. The van der Waals surface area contributed by atoms with Crippen molar-refractivity contribution in [2.24, 2.45) is 0 Å². The third-order valence-electron chi connectivity index (χ3n) is 4.16. The number of nitrogens with zero attached hydrogens (tertiary/aromatic N) is 3. The maximum Gasteiger partial charge on any atom is 0.251 e. The van der Waals surface area contributed by atoms with Crippen LogP contribution in [0.15, 0.2) is 49.1 Å². The van der Waals surface area contributed by atoms with Gasteiger partial charge in [0.25, 0.3) is 5.91 Å². The number of imidazole rings is 1. The molecule has 27 heavy (non-hydrogen) atoms. The van der Waals surface area contributed by atoms with E-state index in [0.717, 1.165) is 17.0 Å². The lowest BCUT2D eigenvalue weighted by Crippen LogP contribution is -2.27. The number of aromatic nitrogens is 3. The molecule has 2 aromatic heterocycles. The van der Waals surface area contributed by atoms with Gasteiger partial charge in [-0.25, -0.2) is 4.98 Å². The average molecular weight is 366 g/mol. The number of aryl methyl sites for hydroxylation is 1. The Hall–Kier alpha value is -3.35. The molecule has 0 unspecified atom stereocenters. The number of hydrogen-bond acceptors (Lipinski definition) is 5. The molecule has 0 aliphatic rings. The maximum absolute atomic E-state index is 12.2. The summed E-state index contributed by atoms with van der Waals surface area (Å²) < 4.78 is 13.0. The second-order valence-corrected chi connectivity index (χ2v) is 5.98. The van der Waals surface area contributed by atoms with Crippen LogP contribution < -0.4 is 14.8 Å². The first-order chi connectivity index (χ1) is 13.1. The molecular weight excluding hydrogens is 344 g/mol. The topological polar surface area (TPSA) is 78.3 Å². The maximum atomic E-state index is 12.2. The number of amides is 1. The highest BCUT2D eigenvalue weighted by molar-refractivity contribution is 5.93. The molecule has 2 heterocycles. The summed E-state index contributed by atoms with van der Waals surface area (Å²) in [6.45, 7) is 3.04. The van der Waals surface area contributed by atoms with Gasteiger partial charge in [0.2, 0.25) is 0 Å². The second-order valence-electron chi connectivity index (χ2n) is 5.98. The number of hydrogen-bond donors (Lipinski definition) is 1. The van der Waals surface area contributed by atoms with Crippen LogP contribution in [0, 0.1) is 6.92 Å². The molecular formula is C20H22N4O3. The van der Waals surface area contributed by atoms with E-state index in [4.69, 9.17) is 9.47 Å². The molecule has 0 saturated heterocycles. The number of pyridine rings is 1. The minimum Gasteiger partial charge on any atom is -0.493 e. The van der Waals surface area contributed by atoms with Crippen LogP contribution >= 0.6 is 0 Å². The third-order valence-corrected chi connectivity index (χ3v) is 4.16. The van der Waals surface area contributed by atoms with Crippen molar-refractivity contribution in [1.29, 1.82) is 0 Å². The summed E-state index contributed by atoms with van der Waals surface area (Å²) >= 11 is 0. The van der Waals surface area contributed by atoms with Crippen LogP contribution in [0.1, 0.15) is 15.9 Å². The van der Waals surface area contributed by atoms with Crippen LogP contribution in [0.3, 0.4) is 0 Å². The van der Waals surface area contributed by atoms with Crippen molar-refractivity contribution < 1.29 is 14.3 Å². The Balaban J connectivity index is 1.77. The van der Waals surface area contributed by atoms with Gasteiger partial charge in [0, 0.05) is 43.4 Å². The van der Waals surface area contributed by atoms with E-state index in [9.17, 15) is 4.79 Å². The van der Waals surface area contributed by atoms with Crippen molar-refractivity contribution in [2.75, 3.05) is 20.8 Å². The molecule has 0 saturated carbocycles. The standard InChI is InChI=1S/C20H22N4O3/c1-14-12-16(18(27-3)17(13-14)26-2)19-22-8-10-24(19)11-9-23-20(25)15-4-6-21-7-5-15/h4-8,10,12-13H,9,11H2,1-3H3,(H,23,25). The van der Waals surface area contributed by atoms with Crippen LogP contribution in [-0.4, -0.2) is 41.2 Å². The molecule has 1 N–H and O–H groups in total. The second kappa shape index (κ2) is 8.35. The van der Waals surface area contributed by atoms with Crippen LogP contribution in [0.4, 0.5) is 0 Å². The average Bonchev–Trinajstić information content (AvgIpc) is 3.16. The van der Waals surface area contributed by atoms with Gasteiger partial charge in [0.1, 0.15) is 5.82 Å². The SMILES string of the molecule is COc1cc(C)cc(-c2nccn2CCNC(=O)c2ccncc2)c1OC. The summed E-state index contributed by atoms with van der Waals surface area (Å²) in [5, 5.41) is 2.91. The quantitative estimate of drug-likeness (QED) is 0.696. The van der Waals surface area contributed by atoms with Gasteiger partial charge in [-0.3, -0.25) is 9.78 Å². The van der Waals surface area contributed by atoms with Crippen LogP contribution in [0.25, 0.3) is 11.4 Å². The van der Waals surface area contributed by atoms with E-state index in [1.165, 1.54) is 0 Å². The van der Waals surface area contributed by atoms with Gasteiger partial charge in [0.05, 0.1) is 19.8 Å². The molecule has 0 aliphatic heterocycles. The van der Waals surface area contributed by atoms with Crippen molar-refractivity contribution in [3.63, 3.8) is 0 Å². The lowest BCUT2D eigenvalue weighted by molar-refractivity contribution is 0.0952. The molecule has 7 heteroatoms. The highest BCUT2D eigenvalue weighted by Gasteiger charge is 2.17. The summed E-state index contributed by atoms with van der Waals surface area (Å²) in [6.07, 6.45) is 6.80. The molecule has 1 amide bonds. The van der Waals surface area contributed by atoms with E-state index in [0.29, 0.717) is 30.2 Å². The molecule has 3 rings (SSSR count). The Labute approximate surface area is 158 Å². The zero-order chi connectivity index (χ0) is 19.2. The number of carbonyl (C=O) groups is 1. The lowest BCUT2D eigenvalue weighted by atomic mass is 10.1. The largest absolute Gasteiger partial charge is 0.493 e. The van der Waals surface area contributed by atoms with Gasteiger partial charge in [-0.05, 0) is 36.8 Å². The van der Waals surface area contributed by atoms with Gasteiger partial charge < -0.3 is 19.4 Å². The minimum absolute atomic E-state index is 0.131. The Morgan fingerprint density at radius 1 is 1.15 bits per heavy atom. The van der Waals surface area contributed by atoms with Crippen molar-refractivity contribution in [2.45, 2.75) is 13.5 Å². The zero-order valence-corrected chi connectivity index (χ0v) is 15.6. The number of ether oxygens (including phenoxy) is 2. The van der Waals surface area contributed by atoms with Gasteiger partial charge >= 0.3 is 0 Å². The molecule has 0 aliphatic carbocycles. The summed E-state index contributed by atoms with van der Waals surface area (Å²) in [4.78, 5) is 20.5. The summed E-state index contributed by atoms with van der Waals surface area (Å²) in [6, 6.07) is 7.30. The van der Waals surface area contributed by atoms with E-state index in [-0.39, 0.29) is 5.91 Å². The third kappa shape index (κ3) is 4.08. The number of rotatable bonds is 7. The van der Waals surface area contributed by atoms with E-state index in [1.54, 1.807) is 44.9 Å². The number of benzene rings is 1. The van der Waals surface area contributed by atoms with Crippen molar-refractivity contribution >= 4 is 5.91 Å². The van der Waals surface area contributed by atoms with Gasteiger partial charge in [-0.1, -0.05) is 0 Å². The van der Waals surface area contributed by atoms with Crippen LogP contribution in [0.5, 0.6) is 11.5 Å². The molecule has 0 atom stereocenters. The Kier molecular flexibility index (Phi) is 5.71. The van der Waals surface area contributed by atoms with Crippen molar-refractivity contribution in [3.8, 4) is 22.9 Å². The van der Waals surface area contributed by atoms with Crippen molar-refractivity contribution in [1.82, 2.24) is 19.9 Å². The van der Waals surface area contributed by atoms with Gasteiger partial charge in [-0.15, -0.1) is 0 Å². The minimum atomic E-state index is -0.131. The van der Waals surface area contributed by atoms with Crippen molar-refractivity contribution in [3.05, 3.63) is 60.2 Å². The predicted octanol–water partition coefficient (Wildman–Crippen LogP) is 2.70. The number of carbonyl (C=O) groups excluding carboxylic acids is 1. The van der Waals surface area contributed by atoms with Gasteiger partial charge in [-0.2, -0.15) is 0 Å². The Bertz CT molecular complexity index is 922. The first-order valence-electron chi connectivity index (χ1n) is 8.56. The van der Waals surface area contributed by atoms with Gasteiger partial charge in [0.15, 0.2) is 11.5 Å². The number of methoxy groups -OCH3 is 2. The zero-order valence-electron chi connectivity index (χ0n) is 15.6. The molecule has 140 valence electrons. The summed E-state index contributed by atoms with van der Waals surface area (Å²) in [5.74, 6) is 1.92. The molecule has 0 spiro atoms. The van der Waals surface area contributed by atoms with Crippen LogP contribution in [-0.2, 0) is 6.54 Å². The summed E-state index contributed by atoms with van der Waals surface area (Å²) in [5.41, 5.74) is 2.48. The van der Waals surface area contributed by atoms with E-state index < -0.39 is 0 Å². The van der Waals surface area contributed by atoms with Crippen LogP contribution in [0.2, 0.25) is 0 Å².